The summed E-state index contributed by atoms with van der Waals surface area (Å²) in [6, 6.07) is 14.5. The summed E-state index contributed by atoms with van der Waals surface area (Å²) in [6.45, 7) is 7.32. The van der Waals surface area contributed by atoms with E-state index in [1.165, 1.54) is 19.3 Å². The third-order valence-electron chi connectivity index (χ3n) is 7.59. The number of methoxy groups -OCH3 is 1. The summed E-state index contributed by atoms with van der Waals surface area (Å²) in [5.74, 6) is 1.04. The Hall–Kier alpha value is -2.13. The Morgan fingerprint density at radius 2 is 1.74 bits per heavy atom. The lowest BCUT2D eigenvalue weighted by atomic mass is 10.0. The summed E-state index contributed by atoms with van der Waals surface area (Å²) in [4.78, 5) is 18.2. The highest BCUT2D eigenvalue weighted by Crippen LogP contribution is 2.24. The smallest absolute Gasteiger partial charge is 0.253 e. The molecule has 2 fully saturated rings. The lowest BCUT2D eigenvalue weighted by molar-refractivity contribution is 0.0731. The predicted octanol–water partition coefficient (Wildman–Crippen LogP) is 4.71. The van der Waals surface area contributed by atoms with Crippen LogP contribution >= 0.6 is 12.4 Å². The van der Waals surface area contributed by atoms with Crippen molar-refractivity contribution in [1.29, 1.82) is 0 Å². The van der Waals surface area contributed by atoms with Crippen molar-refractivity contribution >= 4 is 28.3 Å². The summed E-state index contributed by atoms with van der Waals surface area (Å²) in [7, 11) is -1.98. The number of benzene rings is 2. The number of ether oxygens (including phenoxy) is 1. The molecule has 4 rings (SSSR count). The minimum Gasteiger partial charge on any atom is -0.497 e. The van der Waals surface area contributed by atoms with E-state index in [-0.39, 0.29) is 23.2 Å². The molecule has 0 aliphatic carbocycles. The van der Waals surface area contributed by atoms with E-state index in [1.54, 1.807) is 35.7 Å². The minimum atomic E-state index is -3.63. The van der Waals surface area contributed by atoms with Crippen LogP contribution in [0, 0.1) is 5.92 Å². The molecule has 0 bridgehead atoms. The van der Waals surface area contributed by atoms with Crippen LogP contribution in [0.3, 0.4) is 0 Å². The Balaban J connectivity index is 0.00000400. The number of piperidine rings is 2. The highest BCUT2D eigenvalue weighted by molar-refractivity contribution is 7.89. The zero-order chi connectivity index (χ0) is 26.3. The number of hydrogen-bond acceptors (Lipinski definition) is 5. The van der Waals surface area contributed by atoms with Gasteiger partial charge in [0.15, 0.2) is 0 Å². The highest BCUT2D eigenvalue weighted by atomic mass is 35.5. The molecule has 210 valence electrons. The second kappa shape index (κ2) is 14.3. The van der Waals surface area contributed by atoms with Crippen LogP contribution in [0.4, 0.5) is 0 Å². The zero-order valence-electron chi connectivity index (χ0n) is 22.7. The Labute approximate surface area is 234 Å². The third kappa shape index (κ3) is 7.94. The molecule has 2 heterocycles. The van der Waals surface area contributed by atoms with Crippen molar-refractivity contribution in [2.75, 3.05) is 52.9 Å². The molecule has 0 aromatic heterocycles. The fraction of sp³-hybridized carbons (Fsp3) is 0.552. The van der Waals surface area contributed by atoms with Gasteiger partial charge in [-0.25, -0.2) is 8.42 Å². The van der Waals surface area contributed by atoms with E-state index >= 15 is 0 Å². The fourth-order valence-electron chi connectivity index (χ4n) is 5.30. The molecule has 38 heavy (non-hydrogen) atoms. The maximum Gasteiger partial charge on any atom is 0.253 e. The maximum atomic E-state index is 13.7. The molecule has 2 saturated heterocycles. The van der Waals surface area contributed by atoms with E-state index in [2.05, 4.69) is 11.8 Å². The van der Waals surface area contributed by atoms with Gasteiger partial charge in [-0.05, 0) is 87.0 Å². The first-order valence-electron chi connectivity index (χ1n) is 13.6. The van der Waals surface area contributed by atoms with E-state index in [1.807, 2.05) is 29.2 Å². The van der Waals surface area contributed by atoms with Gasteiger partial charge in [0.05, 0.1) is 12.0 Å². The molecule has 2 aliphatic rings. The van der Waals surface area contributed by atoms with Crippen molar-refractivity contribution in [2.45, 2.75) is 50.3 Å². The number of amides is 1. The van der Waals surface area contributed by atoms with E-state index in [4.69, 9.17) is 4.74 Å². The van der Waals surface area contributed by atoms with Crippen molar-refractivity contribution in [3.63, 3.8) is 0 Å². The molecule has 0 N–H and O–H groups in total. The summed E-state index contributed by atoms with van der Waals surface area (Å²) in [6.07, 6.45) is 6.32. The SMILES string of the molecule is COc1ccc(CCN(CCN2CCCCC2)C(=O)c2cccc(S(=O)(=O)N3CCCC(C)C3)c2)cc1.Cl. The second-order valence-corrected chi connectivity index (χ2v) is 12.4. The molecule has 0 spiro atoms. The number of hydrogen-bond donors (Lipinski definition) is 0. The number of carbonyl (C=O) groups excluding carboxylic acids is 1. The van der Waals surface area contributed by atoms with Gasteiger partial charge in [-0.3, -0.25) is 4.79 Å². The normalized spacial score (nSPS) is 18.9. The highest BCUT2D eigenvalue weighted by Gasteiger charge is 2.29. The van der Waals surface area contributed by atoms with Crippen LogP contribution in [-0.2, 0) is 16.4 Å². The first kappa shape index (κ1) is 30.4. The molecule has 2 aromatic rings. The predicted molar refractivity (Wildman–Crippen MR) is 154 cm³/mol. The number of halogens is 1. The number of rotatable bonds is 10. The van der Waals surface area contributed by atoms with E-state index < -0.39 is 10.0 Å². The van der Waals surface area contributed by atoms with Crippen molar-refractivity contribution < 1.29 is 17.9 Å². The van der Waals surface area contributed by atoms with E-state index in [0.717, 1.165) is 50.2 Å². The summed E-state index contributed by atoms with van der Waals surface area (Å²) >= 11 is 0. The monoisotopic (exact) mass is 563 g/mol. The average Bonchev–Trinajstić information content (AvgIpc) is 2.93. The van der Waals surface area contributed by atoms with Gasteiger partial charge in [0.25, 0.3) is 5.91 Å². The molecule has 1 unspecified atom stereocenters. The number of sulfonamides is 1. The first-order chi connectivity index (χ1) is 17.9. The van der Waals surface area contributed by atoms with Gasteiger partial charge < -0.3 is 14.5 Å². The molecule has 1 atom stereocenters. The van der Waals surface area contributed by atoms with Crippen LogP contribution in [0.1, 0.15) is 54.9 Å². The Morgan fingerprint density at radius 3 is 2.42 bits per heavy atom. The van der Waals surface area contributed by atoms with Gasteiger partial charge in [0.2, 0.25) is 10.0 Å². The minimum absolute atomic E-state index is 0. The van der Waals surface area contributed by atoms with E-state index in [0.29, 0.717) is 37.7 Å². The molecule has 0 radical (unpaired) electrons. The second-order valence-electron chi connectivity index (χ2n) is 10.4. The number of nitrogens with zero attached hydrogens (tertiary/aromatic N) is 3. The average molecular weight is 564 g/mol. The van der Waals surface area contributed by atoms with Crippen LogP contribution in [0.2, 0.25) is 0 Å². The molecule has 0 saturated carbocycles. The van der Waals surface area contributed by atoms with Gasteiger partial charge in [0, 0.05) is 38.3 Å². The largest absolute Gasteiger partial charge is 0.497 e. The van der Waals surface area contributed by atoms with Crippen LogP contribution in [-0.4, -0.2) is 81.4 Å². The quantitative estimate of drug-likeness (QED) is 0.419. The van der Waals surface area contributed by atoms with Gasteiger partial charge in [-0.1, -0.05) is 31.5 Å². The third-order valence-corrected chi connectivity index (χ3v) is 9.45. The summed E-state index contributed by atoms with van der Waals surface area (Å²) in [5.41, 5.74) is 1.56. The lowest BCUT2D eigenvalue weighted by Crippen LogP contribution is -2.41. The van der Waals surface area contributed by atoms with Gasteiger partial charge in [-0.2, -0.15) is 4.31 Å². The Bertz CT molecular complexity index is 1140. The van der Waals surface area contributed by atoms with Gasteiger partial charge in [0.1, 0.15) is 5.75 Å². The fourth-order valence-corrected chi connectivity index (χ4v) is 6.95. The van der Waals surface area contributed by atoms with Gasteiger partial charge in [-0.15, -0.1) is 12.4 Å². The first-order valence-corrected chi connectivity index (χ1v) is 15.1. The molecule has 1 amide bonds. The summed E-state index contributed by atoms with van der Waals surface area (Å²) in [5, 5.41) is 0. The zero-order valence-corrected chi connectivity index (χ0v) is 24.3. The molecular weight excluding hydrogens is 522 g/mol. The standard InChI is InChI=1S/C29H41N3O4S.ClH/c1-24-8-7-18-32(23-24)37(34,35)28-10-6-9-26(22-28)29(33)31(21-20-30-16-4-3-5-17-30)19-15-25-11-13-27(36-2)14-12-25;/h6,9-14,22,24H,3-5,7-8,15-21,23H2,1-2H3;1H. The maximum absolute atomic E-state index is 13.7. The Kier molecular flexibility index (Phi) is 11.5. The van der Waals surface area contributed by atoms with Gasteiger partial charge >= 0.3 is 0 Å². The number of carbonyl (C=O) groups is 1. The van der Waals surface area contributed by atoms with Crippen LogP contribution < -0.4 is 4.74 Å². The lowest BCUT2D eigenvalue weighted by Gasteiger charge is -2.31. The molecule has 2 aliphatic heterocycles. The van der Waals surface area contributed by atoms with Crippen molar-refractivity contribution in [1.82, 2.24) is 14.1 Å². The molecule has 9 heteroatoms. The van der Waals surface area contributed by atoms with E-state index in [9.17, 15) is 13.2 Å². The Morgan fingerprint density at radius 1 is 1.00 bits per heavy atom. The van der Waals surface area contributed by atoms with Crippen molar-refractivity contribution in [2.24, 2.45) is 5.92 Å². The van der Waals surface area contributed by atoms with Crippen LogP contribution in [0.25, 0.3) is 0 Å². The summed E-state index contributed by atoms with van der Waals surface area (Å²) < 4.78 is 33.5. The van der Waals surface area contributed by atoms with Crippen molar-refractivity contribution in [3.05, 3.63) is 59.7 Å². The van der Waals surface area contributed by atoms with Crippen LogP contribution in [0.15, 0.2) is 53.4 Å². The molecular formula is C29H42ClN3O4S. The van der Waals surface area contributed by atoms with Crippen LogP contribution in [0.5, 0.6) is 5.75 Å². The van der Waals surface area contributed by atoms with Crippen molar-refractivity contribution in [3.8, 4) is 5.75 Å². The molecule has 2 aromatic carbocycles. The molecule has 7 nitrogen and oxygen atoms in total. The topological polar surface area (TPSA) is 70.2 Å². The number of likely N-dealkylation sites (tertiary alicyclic amines) is 1.